The average molecular weight is 310 g/mol. The number of hydrogen-bond donors (Lipinski definition) is 1. The molecule has 0 unspecified atom stereocenters. The Morgan fingerprint density at radius 1 is 1.50 bits per heavy atom. The highest BCUT2D eigenvalue weighted by Crippen LogP contribution is 2.17. The molecule has 3 nitrogen and oxygen atoms in total. The number of piperidine rings is 1. The molecule has 1 aromatic rings. The number of halogens is 1. The zero-order valence-corrected chi connectivity index (χ0v) is 12.4. The van der Waals surface area contributed by atoms with Crippen molar-refractivity contribution in [2.75, 3.05) is 25.0 Å². The van der Waals surface area contributed by atoms with Gasteiger partial charge in [0.1, 0.15) is 5.82 Å². The van der Waals surface area contributed by atoms with Crippen LogP contribution in [0.4, 0.5) is 5.82 Å². The zero-order chi connectivity index (χ0) is 13.0. The molecule has 1 aromatic heterocycles. The number of rotatable bonds is 4. The second-order valence-corrected chi connectivity index (χ2v) is 5.93. The zero-order valence-electron chi connectivity index (χ0n) is 10.8. The van der Waals surface area contributed by atoms with Gasteiger partial charge in [0, 0.05) is 36.3 Å². The summed E-state index contributed by atoms with van der Waals surface area (Å²) in [5.41, 5.74) is 1.25. The Morgan fingerprint density at radius 3 is 2.78 bits per heavy atom. The van der Waals surface area contributed by atoms with E-state index in [0.29, 0.717) is 6.04 Å². The molecule has 0 saturated carbocycles. The van der Waals surface area contributed by atoms with Crippen molar-refractivity contribution in [2.24, 2.45) is 0 Å². The SMILES string of the molecule is C=C(C)CN1CCC(Nc2ccc(Br)cn2)CC1. The van der Waals surface area contributed by atoms with Crippen molar-refractivity contribution in [3.05, 3.63) is 35.0 Å². The molecular weight excluding hydrogens is 290 g/mol. The Kier molecular flexibility index (Phi) is 4.78. The van der Waals surface area contributed by atoms with Crippen molar-refractivity contribution in [1.29, 1.82) is 0 Å². The van der Waals surface area contributed by atoms with Gasteiger partial charge in [-0.3, -0.25) is 4.90 Å². The van der Waals surface area contributed by atoms with Gasteiger partial charge < -0.3 is 5.32 Å². The highest BCUT2D eigenvalue weighted by Gasteiger charge is 2.18. The molecule has 0 radical (unpaired) electrons. The monoisotopic (exact) mass is 309 g/mol. The molecule has 0 aromatic carbocycles. The molecule has 1 N–H and O–H groups in total. The Hall–Kier alpha value is -0.870. The first-order chi connectivity index (χ1) is 8.63. The van der Waals surface area contributed by atoms with Crippen LogP contribution >= 0.6 is 15.9 Å². The van der Waals surface area contributed by atoms with E-state index >= 15 is 0 Å². The maximum Gasteiger partial charge on any atom is 0.126 e. The van der Waals surface area contributed by atoms with Crippen LogP contribution in [0.5, 0.6) is 0 Å². The first kappa shape index (κ1) is 13.6. The van der Waals surface area contributed by atoms with Gasteiger partial charge in [-0.05, 0) is 47.8 Å². The summed E-state index contributed by atoms with van der Waals surface area (Å²) in [5.74, 6) is 0.969. The van der Waals surface area contributed by atoms with Gasteiger partial charge in [0.25, 0.3) is 0 Å². The molecule has 0 amide bonds. The fraction of sp³-hybridized carbons (Fsp3) is 0.500. The number of anilines is 1. The summed E-state index contributed by atoms with van der Waals surface area (Å²) in [5, 5.41) is 3.50. The van der Waals surface area contributed by atoms with Crippen LogP contribution in [-0.4, -0.2) is 35.6 Å². The second-order valence-electron chi connectivity index (χ2n) is 5.01. The molecule has 2 rings (SSSR count). The molecule has 1 aliphatic heterocycles. The highest BCUT2D eigenvalue weighted by atomic mass is 79.9. The van der Waals surface area contributed by atoms with Crippen LogP contribution in [0, 0.1) is 0 Å². The van der Waals surface area contributed by atoms with Crippen LogP contribution in [0.25, 0.3) is 0 Å². The molecule has 98 valence electrons. The number of pyridine rings is 1. The van der Waals surface area contributed by atoms with E-state index in [1.165, 1.54) is 18.4 Å². The summed E-state index contributed by atoms with van der Waals surface area (Å²) in [6.07, 6.45) is 4.18. The van der Waals surface area contributed by atoms with Crippen molar-refractivity contribution in [1.82, 2.24) is 9.88 Å². The number of likely N-dealkylation sites (tertiary alicyclic amines) is 1. The van der Waals surface area contributed by atoms with Crippen molar-refractivity contribution < 1.29 is 0 Å². The Bertz CT molecular complexity index is 394. The minimum Gasteiger partial charge on any atom is -0.367 e. The molecule has 0 spiro atoms. The molecule has 2 heterocycles. The summed E-state index contributed by atoms with van der Waals surface area (Å²) in [6.45, 7) is 9.38. The van der Waals surface area contributed by atoms with Gasteiger partial charge in [0.15, 0.2) is 0 Å². The van der Waals surface area contributed by atoms with E-state index in [0.717, 1.165) is 29.9 Å². The van der Waals surface area contributed by atoms with E-state index < -0.39 is 0 Å². The largest absolute Gasteiger partial charge is 0.367 e. The van der Waals surface area contributed by atoms with Crippen molar-refractivity contribution >= 4 is 21.7 Å². The second kappa shape index (κ2) is 6.34. The molecular formula is C14H20BrN3. The van der Waals surface area contributed by atoms with E-state index in [1.54, 1.807) is 0 Å². The molecule has 0 bridgehead atoms. The van der Waals surface area contributed by atoms with E-state index in [2.05, 4.69) is 44.6 Å². The summed E-state index contributed by atoms with van der Waals surface area (Å²) in [4.78, 5) is 6.82. The first-order valence-electron chi connectivity index (χ1n) is 6.38. The Balaban J connectivity index is 1.79. The van der Waals surface area contributed by atoms with Gasteiger partial charge in [0.05, 0.1) is 0 Å². The summed E-state index contributed by atoms with van der Waals surface area (Å²) >= 11 is 3.40. The number of hydrogen-bond acceptors (Lipinski definition) is 3. The lowest BCUT2D eigenvalue weighted by molar-refractivity contribution is 0.235. The number of nitrogens with one attached hydrogen (secondary N) is 1. The lowest BCUT2D eigenvalue weighted by Gasteiger charge is -2.32. The maximum absolute atomic E-state index is 4.35. The van der Waals surface area contributed by atoms with Gasteiger partial charge in [-0.15, -0.1) is 0 Å². The predicted molar refractivity (Wildman–Crippen MR) is 79.8 cm³/mol. The predicted octanol–water partition coefficient (Wildman–Crippen LogP) is 3.30. The molecule has 1 saturated heterocycles. The Labute approximate surface area is 117 Å². The minimum absolute atomic E-state index is 0.542. The fourth-order valence-electron chi connectivity index (χ4n) is 2.29. The molecule has 0 atom stereocenters. The van der Waals surface area contributed by atoms with Crippen LogP contribution in [0.3, 0.4) is 0 Å². The van der Waals surface area contributed by atoms with Crippen molar-refractivity contribution in [3.63, 3.8) is 0 Å². The first-order valence-corrected chi connectivity index (χ1v) is 7.17. The minimum atomic E-state index is 0.542. The van der Waals surface area contributed by atoms with Gasteiger partial charge >= 0.3 is 0 Å². The topological polar surface area (TPSA) is 28.2 Å². The molecule has 18 heavy (non-hydrogen) atoms. The van der Waals surface area contributed by atoms with E-state index in [4.69, 9.17) is 0 Å². The smallest absolute Gasteiger partial charge is 0.126 e. The lowest BCUT2D eigenvalue weighted by atomic mass is 10.0. The molecule has 1 fully saturated rings. The Morgan fingerprint density at radius 2 is 2.22 bits per heavy atom. The number of aromatic nitrogens is 1. The molecule has 4 heteroatoms. The summed E-state index contributed by atoms with van der Waals surface area (Å²) in [6, 6.07) is 4.58. The van der Waals surface area contributed by atoms with Gasteiger partial charge in [0.2, 0.25) is 0 Å². The van der Waals surface area contributed by atoms with Gasteiger partial charge in [-0.2, -0.15) is 0 Å². The molecule has 0 aliphatic carbocycles. The van der Waals surface area contributed by atoms with E-state index in [9.17, 15) is 0 Å². The van der Waals surface area contributed by atoms with Crippen LogP contribution in [0.1, 0.15) is 19.8 Å². The lowest BCUT2D eigenvalue weighted by Crippen LogP contribution is -2.39. The van der Waals surface area contributed by atoms with E-state index in [1.807, 2.05) is 18.3 Å². The quantitative estimate of drug-likeness (QED) is 0.865. The van der Waals surface area contributed by atoms with Crippen LogP contribution < -0.4 is 5.32 Å². The van der Waals surface area contributed by atoms with Gasteiger partial charge in [-0.25, -0.2) is 4.98 Å². The van der Waals surface area contributed by atoms with Crippen molar-refractivity contribution in [2.45, 2.75) is 25.8 Å². The van der Waals surface area contributed by atoms with Gasteiger partial charge in [-0.1, -0.05) is 12.2 Å². The highest BCUT2D eigenvalue weighted by molar-refractivity contribution is 9.10. The fourth-order valence-corrected chi connectivity index (χ4v) is 2.52. The van der Waals surface area contributed by atoms with Crippen LogP contribution in [0.15, 0.2) is 35.0 Å². The van der Waals surface area contributed by atoms with E-state index in [-0.39, 0.29) is 0 Å². The standard InChI is InChI=1S/C14H20BrN3/c1-11(2)10-18-7-5-13(6-8-18)17-14-4-3-12(15)9-16-14/h3-4,9,13H,1,5-8,10H2,2H3,(H,16,17). The normalized spacial score (nSPS) is 17.7. The molecule has 1 aliphatic rings. The number of nitrogens with zero attached hydrogens (tertiary/aromatic N) is 2. The average Bonchev–Trinajstić information content (AvgIpc) is 2.34. The third-order valence-electron chi connectivity index (χ3n) is 3.16. The van der Waals surface area contributed by atoms with Crippen LogP contribution in [-0.2, 0) is 0 Å². The summed E-state index contributed by atoms with van der Waals surface area (Å²) in [7, 11) is 0. The third-order valence-corrected chi connectivity index (χ3v) is 3.63. The van der Waals surface area contributed by atoms with Crippen LogP contribution in [0.2, 0.25) is 0 Å². The maximum atomic E-state index is 4.35. The summed E-state index contributed by atoms with van der Waals surface area (Å²) < 4.78 is 1.02. The van der Waals surface area contributed by atoms with Crippen molar-refractivity contribution in [3.8, 4) is 0 Å². The third kappa shape index (κ3) is 4.10.